The fourth-order valence-electron chi connectivity index (χ4n) is 2.94. The summed E-state index contributed by atoms with van der Waals surface area (Å²) in [7, 11) is 1.44. The molecule has 0 saturated carbocycles. The molecule has 7 nitrogen and oxygen atoms in total. The zero-order valence-electron chi connectivity index (χ0n) is 16.4. The van der Waals surface area contributed by atoms with E-state index in [-0.39, 0.29) is 40.2 Å². The number of methoxy groups -OCH3 is 1. The zero-order chi connectivity index (χ0) is 21.0. The Kier molecular flexibility index (Phi) is 6.85. The molecule has 0 unspecified atom stereocenters. The minimum absolute atomic E-state index is 0.0257. The number of benzene rings is 2. The van der Waals surface area contributed by atoms with Gasteiger partial charge in [-0.1, -0.05) is 11.6 Å². The Labute approximate surface area is 169 Å². The van der Waals surface area contributed by atoms with Gasteiger partial charge in [0.1, 0.15) is 0 Å². The minimum Gasteiger partial charge on any atom is -0.493 e. The van der Waals surface area contributed by atoms with Crippen LogP contribution in [0.1, 0.15) is 38.1 Å². The maximum absolute atomic E-state index is 12.9. The Hall–Kier alpha value is -2.80. The Morgan fingerprint density at radius 1 is 1.04 bits per heavy atom. The van der Waals surface area contributed by atoms with Gasteiger partial charge in [-0.2, -0.15) is 0 Å². The molecule has 0 heterocycles. The van der Waals surface area contributed by atoms with Crippen molar-refractivity contribution in [3.63, 3.8) is 0 Å². The first-order valence-corrected chi connectivity index (χ1v) is 9.16. The van der Waals surface area contributed by atoms with Gasteiger partial charge in [-0.3, -0.25) is 14.9 Å². The molecular weight excluding hydrogens is 384 g/mol. The van der Waals surface area contributed by atoms with Gasteiger partial charge in [0.15, 0.2) is 11.5 Å². The lowest BCUT2D eigenvalue weighted by Gasteiger charge is -2.31. The molecule has 1 amide bonds. The quantitative estimate of drug-likeness (QED) is 0.459. The smallest absolute Gasteiger partial charge is 0.313 e. The first-order valence-electron chi connectivity index (χ1n) is 8.78. The molecule has 0 spiro atoms. The highest BCUT2D eigenvalue weighted by Crippen LogP contribution is 2.38. The van der Waals surface area contributed by atoms with E-state index in [2.05, 4.69) is 0 Å². The molecule has 150 valence electrons. The third-order valence-electron chi connectivity index (χ3n) is 4.10. The molecule has 2 aromatic rings. The average molecular weight is 407 g/mol. The number of halogens is 1. The van der Waals surface area contributed by atoms with Gasteiger partial charge >= 0.3 is 5.69 Å². The van der Waals surface area contributed by atoms with E-state index in [1.165, 1.54) is 25.3 Å². The Balaban J connectivity index is 2.39. The number of carbonyl (C=O) groups is 1. The molecule has 0 radical (unpaired) electrons. The largest absolute Gasteiger partial charge is 0.493 e. The van der Waals surface area contributed by atoms with Crippen molar-refractivity contribution in [1.29, 1.82) is 0 Å². The summed E-state index contributed by atoms with van der Waals surface area (Å²) in [4.78, 5) is 25.3. The normalized spacial score (nSPS) is 10.9. The SMILES string of the molecule is COc1cc(C(=O)N(C(C)C)C(C)C)ccc1Oc1ccc(Cl)cc1[N+](=O)[O-]. The summed E-state index contributed by atoms with van der Waals surface area (Å²) in [6.07, 6.45) is 0. The molecule has 2 rings (SSSR count). The van der Waals surface area contributed by atoms with Crippen LogP contribution in [0.3, 0.4) is 0 Å². The summed E-state index contributed by atoms with van der Waals surface area (Å²) in [5.41, 5.74) is 0.178. The second-order valence-electron chi connectivity index (χ2n) is 6.74. The van der Waals surface area contributed by atoms with E-state index in [9.17, 15) is 14.9 Å². The first kappa shape index (κ1) is 21.5. The van der Waals surface area contributed by atoms with E-state index in [1.54, 1.807) is 23.1 Å². The Morgan fingerprint density at radius 2 is 1.64 bits per heavy atom. The average Bonchev–Trinajstić information content (AvgIpc) is 2.62. The van der Waals surface area contributed by atoms with Crippen LogP contribution in [0.25, 0.3) is 0 Å². The predicted molar refractivity (Wildman–Crippen MR) is 108 cm³/mol. The van der Waals surface area contributed by atoms with Gasteiger partial charge in [-0.15, -0.1) is 0 Å². The molecular formula is C20H23ClN2O5. The second-order valence-corrected chi connectivity index (χ2v) is 7.17. The highest BCUT2D eigenvalue weighted by molar-refractivity contribution is 6.30. The fourth-order valence-corrected chi connectivity index (χ4v) is 3.10. The Morgan fingerprint density at radius 3 is 2.18 bits per heavy atom. The summed E-state index contributed by atoms with van der Waals surface area (Å²) >= 11 is 5.83. The van der Waals surface area contributed by atoms with E-state index < -0.39 is 4.92 Å². The molecule has 28 heavy (non-hydrogen) atoms. The molecule has 0 saturated heterocycles. The van der Waals surface area contributed by atoms with Gasteiger partial charge < -0.3 is 14.4 Å². The number of ether oxygens (including phenoxy) is 2. The lowest BCUT2D eigenvalue weighted by Crippen LogP contribution is -2.42. The van der Waals surface area contributed by atoms with Crippen LogP contribution >= 0.6 is 11.6 Å². The van der Waals surface area contributed by atoms with Crippen molar-refractivity contribution in [3.05, 3.63) is 57.1 Å². The number of nitrogens with zero attached hydrogens (tertiary/aromatic N) is 2. The molecule has 0 aromatic heterocycles. The molecule has 0 aliphatic heterocycles. The number of nitro groups is 1. The van der Waals surface area contributed by atoms with Gasteiger partial charge in [0.2, 0.25) is 5.75 Å². The molecule has 8 heteroatoms. The maximum Gasteiger partial charge on any atom is 0.313 e. The standard InChI is InChI=1S/C20H23ClN2O5/c1-12(2)22(13(3)4)20(24)14-6-8-18(19(10-14)27-5)28-17-9-7-15(21)11-16(17)23(25)26/h6-13H,1-5H3. The molecule has 0 aliphatic carbocycles. The van der Waals surface area contributed by atoms with Gasteiger partial charge in [0.05, 0.1) is 12.0 Å². The van der Waals surface area contributed by atoms with Crippen molar-refractivity contribution in [3.8, 4) is 17.2 Å². The van der Waals surface area contributed by atoms with Gasteiger partial charge in [0, 0.05) is 28.7 Å². The molecule has 0 fully saturated rings. The fraction of sp³-hybridized carbons (Fsp3) is 0.350. The van der Waals surface area contributed by atoms with E-state index in [4.69, 9.17) is 21.1 Å². The van der Waals surface area contributed by atoms with Crippen molar-refractivity contribution in [1.82, 2.24) is 4.90 Å². The maximum atomic E-state index is 12.9. The predicted octanol–water partition coefficient (Wildman–Crippen LogP) is 5.31. The van der Waals surface area contributed by atoms with Crippen LogP contribution in [0.2, 0.25) is 5.02 Å². The number of hydrogen-bond donors (Lipinski definition) is 0. The lowest BCUT2D eigenvalue weighted by atomic mass is 10.1. The van der Waals surface area contributed by atoms with Crippen LogP contribution in [0.4, 0.5) is 5.69 Å². The molecule has 0 N–H and O–H groups in total. The van der Waals surface area contributed by atoms with Crippen molar-refractivity contribution < 1.29 is 19.2 Å². The number of carbonyl (C=O) groups excluding carboxylic acids is 1. The number of hydrogen-bond acceptors (Lipinski definition) is 5. The zero-order valence-corrected chi connectivity index (χ0v) is 17.2. The molecule has 0 aliphatic rings. The monoisotopic (exact) mass is 406 g/mol. The van der Waals surface area contributed by atoms with Gasteiger partial charge in [0.25, 0.3) is 5.91 Å². The Bertz CT molecular complexity index is 875. The van der Waals surface area contributed by atoms with Crippen molar-refractivity contribution in [2.45, 2.75) is 39.8 Å². The van der Waals surface area contributed by atoms with Crippen LogP contribution in [0.15, 0.2) is 36.4 Å². The van der Waals surface area contributed by atoms with Crippen LogP contribution in [-0.4, -0.2) is 34.9 Å². The third-order valence-corrected chi connectivity index (χ3v) is 4.33. The van der Waals surface area contributed by atoms with Crippen LogP contribution < -0.4 is 9.47 Å². The van der Waals surface area contributed by atoms with E-state index >= 15 is 0 Å². The van der Waals surface area contributed by atoms with Gasteiger partial charge in [-0.05, 0) is 58.0 Å². The summed E-state index contributed by atoms with van der Waals surface area (Å²) < 4.78 is 11.0. The van der Waals surface area contributed by atoms with Crippen molar-refractivity contribution in [2.24, 2.45) is 0 Å². The highest BCUT2D eigenvalue weighted by Gasteiger charge is 2.23. The molecule has 0 bridgehead atoms. The van der Waals surface area contributed by atoms with E-state index in [0.29, 0.717) is 11.3 Å². The molecule has 2 aromatic carbocycles. The van der Waals surface area contributed by atoms with Crippen molar-refractivity contribution in [2.75, 3.05) is 7.11 Å². The minimum atomic E-state index is -0.575. The second kappa shape index (κ2) is 8.93. The van der Waals surface area contributed by atoms with Crippen LogP contribution in [0.5, 0.6) is 17.2 Å². The van der Waals surface area contributed by atoms with E-state index in [0.717, 1.165) is 0 Å². The first-order chi connectivity index (χ1) is 13.1. The highest BCUT2D eigenvalue weighted by atomic mass is 35.5. The lowest BCUT2D eigenvalue weighted by molar-refractivity contribution is -0.385. The topological polar surface area (TPSA) is 81.9 Å². The summed E-state index contributed by atoms with van der Waals surface area (Å²) in [5, 5.41) is 11.5. The van der Waals surface area contributed by atoms with E-state index in [1.807, 2.05) is 27.7 Å². The van der Waals surface area contributed by atoms with Gasteiger partial charge in [-0.25, -0.2) is 0 Å². The third kappa shape index (κ3) is 4.72. The van der Waals surface area contributed by atoms with Crippen LogP contribution in [0, 0.1) is 10.1 Å². The summed E-state index contributed by atoms with van der Waals surface area (Å²) in [6.45, 7) is 7.80. The van der Waals surface area contributed by atoms with Crippen molar-refractivity contribution >= 4 is 23.2 Å². The number of nitro benzene ring substituents is 1. The summed E-state index contributed by atoms with van der Waals surface area (Å²) in [5.74, 6) is 0.442. The van der Waals surface area contributed by atoms with Crippen LogP contribution in [-0.2, 0) is 0 Å². The number of amides is 1. The number of rotatable bonds is 7. The summed E-state index contributed by atoms with van der Waals surface area (Å²) in [6, 6.07) is 8.93. The molecule has 0 atom stereocenters.